The van der Waals surface area contributed by atoms with Gasteiger partial charge in [-0.3, -0.25) is 0 Å². The first kappa shape index (κ1) is 16.0. The Morgan fingerprint density at radius 3 is 2.52 bits per heavy atom. The molecule has 2 aromatic rings. The van der Waals surface area contributed by atoms with Gasteiger partial charge in [-0.25, -0.2) is 4.39 Å². The van der Waals surface area contributed by atoms with Crippen LogP contribution in [0.2, 0.25) is 0 Å². The van der Waals surface area contributed by atoms with Gasteiger partial charge >= 0.3 is 0 Å². The zero-order valence-electron chi connectivity index (χ0n) is 12.2. The first-order chi connectivity index (χ1) is 10.2. The van der Waals surface area contributed by atoms with E-state index in [-0.39, 0.29) is 11.9 Å². The third kappa shape index (κ3) is 4.05. The summed E-state index contributed by atoms with van der Waals surface area (Å²) in [6.07, 6.45) is 1.71. The van der Waals surface area contributed by atoms with E-state index in [0.29, 0.717) is 10.0 Å². The largest absolute Gasteiger partial charge is 0.497 e. The molecule has 21 heavy (non-hydrogen) atoms. The van der Waals surface area contributed by atoms with Crippen LogP contribution in [0.25, 0.3) is 0 Å². The minimum absolute atomic E-state index is 0.00963. The monoisotopic (exact) mass is 351 g/mol. The molecule has 0 heterocycles. The van der Waals surface area contributed by atoms with Crippen molar-refractivity contribution in [2.75, 3.05) is 14.2 Å². The van der Waals surface area contributed by atoms with Gasteiger partial charge in [0, 0.05) is 11.6 Å². The molecule has 0 radical (unpaired) electrons. The van der Waals surface area contributed by atoms with Gasteiger partial charge < -0.3 is 10.1 Å². The molecule has 2 nitrogen and oxygen atoms in total. The van der Waals surface area contributed by atoms with Crippen LogP contribution in [-0.4, -0.2) is 14.2 Å². The lowest BCUT2D eigenvalue weighted by Crippen LogP contribution is -2.18. The number of aryl methyl sites for hydroxylation is 1. The number of ether oxygens (including phenoxy) is 1. The predicted octanol–water partition coefficient (Wildman–Crippen LogP) is 4.49. The molecule has 0 saturated carbocycles. The molecule has 0 aliphatic rings. The maximum atomic E-state index is 14.2. The van der Waals surface area contributed by atoms with Crippen LogP contribution in [0.15, 0.2) is 46.9 Å². The van der Waals surface area contributed by atoms with Crippen molar-refractivity contribution in [1.29, 1.82) is 0 Å². The molecule has 1 N–H and O–H groups in total. The topological polar surface area (TPSA) is 21.3 Å². The molecule has 112 valence electrons. The van der Waals surface area contributed by atoms with E-state index >= 15 is 0 Å². The molecule has 4 heteroatoms. The van der Waals surface area contributed by atoms with Gasteiger partial charge in [-0.15, -0.1) is 0 Å². The number of benzene rings is 2. The van der Waals surface area contributed by atoms with E-state index in [2.05, 4.69) is 21.2 Å². The highest BCUT2D eigenvalue weighted by molar-refractivity contribution is 9.10. The van der Waals surface area contributed by atoms with E-state index in [1.54, 1.807) is 13.2 Å². The van der Waals surface area contributed by atoms with Crippen molar-refractivity contribution in [3.05, 3.63) is 63.9 Å². The van der Waals surface area contributed by atoms with Gasteiger partial charge in [-0.1, -0.05) is 24.3 Å². The fraction of sp³-hybridized carbons (Fsp3) is 0.294. The average Bonchev–Trinajstić information content (AvgIpc) is 2.52. The summed E-state index contributed by atoms with van der Waals surface area (Å²) in [6.45, 7) is 0. The first-order valence-corrected chi connectivity index (χ1v) is 7.69. The van der Waals surface area contributed by atoms with Crippen LogP contribution >= 0.6 is 15.9 Å². The summed E-state index contributed by atoms with van der Waals surface area (Å²) in [5.74, 6) is 0.661. The second kappa shape index (κ2) is 7.57. The number of methoxy groups -OCH3 is 1. The van der Waals surface area contributed by atoms with Gasteiger partial charge in [-0.2, -0.15) is 0 Å². The van der Waals surface area contributed by atoms with Gasteiger partial charge in [0.05, 0.1) is 11.6 Å². The molecular formula is C17H19BrFNO. The summed E-state index contributed by atoms with van der Waals surface area (Å²) in [5.41, 5.74) is 1.91. The summed E-state index contributed by atoms with van der Waals surface area (Å²) < 4.78 is 19.8. The number of hydrogen-bond donors (Lipinski definition) is 1. The van der Waals surface area contributed by atoms with Crippen LogP contribution in [0.5, 0.6) is 5.75 Å². The Morgan fingerprint density at radius 1 is 1.19 bits per heavy atom. The van der Waals surface area contributed by atoms with Crippen molar-refractivity contribution in [2.45, 2.75) is 18.9 Å². The highest BCUT2D eigenvalue weighted by Crippen LogP contribution is 2.26. The second-order valence-electron chi connectivity index (χ2n) is 4.87. The van der Waals surface area contributed by atoms with Gasteiger partial charge in [0.15, 0.2) is 0 Å². The van der Waals surface area contributed by atoms with E-state index in [0.717, 1.165) is 18.6 Å². The van der Waals surface area contributed by atoms with E-state index in [9.17, 15) is 4.39 Å². The molecule has 0 aliphatic heterocycles. The van der Waals surface area contributed by atoms with E-state index in [1.807, 2.05) is 43.4 Å². The summed E-state index contributed by atoms with van der Waals surface area (Å²) >= 11 is 3.24. The third-order valence-corrected chi connectivity index (χ3v) is 4.20. The molecule has 0 amide bonds. The predicted molar refractivity (Wildman–Crippen MR) is 87.2 cm³/mol. The maximum absolute atomic E-state index is 14.2. The van der Waals surface area contributed by atoms with E-state index in [4.69, 9.17) is 4.74 Å². The van der Waals surface area contributed by atoms with Crippen molar-refractivity contribution >= 4 is 15.9 Å². The molecule has 0 saturated heterocycles. The summed E-state index contributed by atoms with van der Waals surface area (Å²) in [4.78, 5) is 0. The molecule has 0 aromatic heterocycles. The fourth-order valence-electron chi connectivity index (χ4n) is 2.35. The number of halogens is 2. The summed E-state index contributed by atoms with van der Waals surface area (Å²) in [6, 6.07) is 13.4. The highest BCUT2D eigenvalue weighted by atomic mass is 79.9. The Morgan fingerprint density at radius 2 is 1.90 bits per heavy atom. The van der Waals surface area contributed by atoms with Gasteiger partial charge in [0.1, 0.15) is 11.6 Å². The Balaban J connectivity index is 2.06. The molecule has 2 rings (SSSR count). The molecule has 0 spiro atoms. The lowest BCUT2D eigenvalue weighted by molar-refractivity contribution is 0.414. The zero-order valence-corrected chi connectivity index (χ0v) is 13.8. The molecule has 1 unspecified atom stereocenters. The van der Waals surface area contributed by atoms with Gasteiger partial charge in [-0.05, 0) is 59.6 Å². The van der Waals surface area contributed by atoms with Crippen LogP contribution in [0.1, 0.15) is 23.6 Å². The van der Waals surface area contributed by atoms with Crippen LogP contribution in [0.4, 0.5) is 4.39 Å². The lowest BCUT2D eigenvalue weighted by Gasteiger charge is -2.18. The Bertz CT molecular complexity index is 586. The third-order valence-electron chi connectivity index (χ3n) is 3.59. The van der Waals surface area contributed by atoms with Crippen LogP contribution in [-0.2, 0) is 6.42 Å². The quantitative estimate of drug-likeness (QED) is 0.827. The summed E-state index contributed by atoms with van der Waals surface area (Å²) in [5, 5.41) is 3.19. The van der Waals surface area contributed by atoms with Crippen LogP contribution < -0.4 is 10.1 Å². The highest BCUT2D eigenvalue weighted by Gasteiger charge is 2.15. The van der Waals surface area contributed by atoms with Crippen molar-refractivity contribution in [3.8, 4) is 5.75 Å². The van der Waals surface area contributed by atoms with Gasteiger partial charge in [0.25, 0.3) is 0 Å². The molecular weight excluding hydrogens is 333 g/mol. The number of hydrogen-bond acceptors (Lipinski definition) is 2. The number of rotatable bonds is 6. The standard InChI is InChI=1S/C17H19BrFNO/c1-20-16(14-4-3-5-15(18)17(14)19)11-8-12-6-9-13(21-2)10-7-12/h3-7,9-10,16,20H,8,11H2,1-2H3. The van der Waals surface area contributed by atoms with Crippen LogP contribution in [0.3, 0.4) is 0 Å². The molecule has 0 fully saturated rings. The zero-order chi connectivity index (χ0) is 15.2. The minimum atomic E-state index is -0.188. The van der Waals surface area contributed by atoms with Crippen molar-refractivity contribution < 1.29 is 9.13 Å². The fourth-order valence-corrected chi connectivity index (χ4v) is 2.73. The van der Waals surface area contributed by atoms with E-state index in [1.165, 1.54) is 5.56 Å². The number of nitrogens with one attached hydrogen (secondary N) is 1. The minimum Gasteiger partial charge on any atom is -0.497 e. The molecule has 0 bridgehead atoms. The van der Waals surface area contributed by atoms with Crippen molar-refractivity contribution in [1.82, 2.24) is 5.32 Å². The smallest absolute Gasteiger partial charge is 0.142 e. The molecule has 0 aliphatic carbocycles. The Kier molecular flexibility index (Phi) is 5.76. The Labute approximate surface area is 133 Å². The lowest BCUT2D eigenvalue weighted by atomic mass is 9.98. The Hall–Kier alpha value is -1.39. The normalized spacial score (nSPS) is 12.2. The van der Waals surface area contributed by atoms with Crippen molar-refractivity contribution in [2.24, 2.45) is 0 Å². The maximum Gasteiger partial charge on any atom is 0.142 e. The molecule has 2 aromatic carbocycles. The molecule has 1 atom stereocenters. The van der Waals surface area contributed by atoms with Gasteiger partial charge in [0.2, 0.25) is 0 Å². The first-order valence-electron chi connectivity index (χ1n) is 6.89. The second-order valence-corrected chi connectivity index (χ2v) is 5.73. The van der Waals surface area contributed by atoms with E-state index < -0.39 is 0 Å². The summed E-state index contributed by atoms with van der Waals surface area (Å²) in [7, 11) is 3.51. The average molecular weight is 352 g/mol. The van der Waals surface area contributed by atoms with Crippen molar-refractivity contribution in [3.63, 3.8) is 0 Å². The van der Waals surface area contributed by atoms with Crippen LogP contribution in [0, 0.1) is 5.82 Å². The SMILES string of the molecule is CNC(CCc1ccc(OC)cc1)c1cccc(Br)c1F.